The van der Waals surface area contributed by atoms with Gasteiger partial charge in [-0.05, 0) is 30.6 Å². The molecule has 0 nitrogen and oxygen atoms in total. The van der Waals surface area contributed by atoms with Gasteiger partial charge in [-0.1, -0.05) is 53.0 Å². The minimum atomic E-state index is 0.450. The van der Waals surface area contributed by atoms with E-state index in [-0.39, 0.29) is 0 Å². The van der Waals surface area contributed by atoms with E-state index >= 15 is 0 Å². The fourth-order valence-electron chi connectivity index (χ4n) is 2.32. The fourth-order valence-corrected chi connectivity index (χ4v) is 2.32. The largest absolute Gasteiger partial charge is 0.100 e. The lowest BCUT2D eigenvalue weighted by molar-refractivity contribution is 0.163. The second kappa shape index (κ2) is 5.00. The predicted molar refractivity (Wildman–Crippen MR) is 66.5 cm³/mol. The van der Waals surface area contributed by atoms with Crippen LogP contribution < -0.4 is 0 Å². The lowest BCUT2D eigenvalue weighted by atomic mass is 9.69. The van der Waals surface area contributed by atoms with E-state index in [9.17, 15) is 0 Å². The SMILES string of the molecule is C=C(C)CC(C)(CC)CC(C)(C)CC. The Bertz CT molecular complexity index is 188. The van der Waals surface area contributed by atoms with Crippen LogP contribution in [-0.4, -0.2) is 0 Å². The third-order valence-electron chi connectivity index (χ3n) is 3.44. The Morgan fingerprint density at radius 3 is 1.86 bits per heavy atom. The molecule has 0 fully saturated rings. The molecule has 0 aliphatic heterocycles. The van der Waals surface area contributed by atoms with Crippen LogP contribution in [-0.2, 0) is 0 Å². The normalized spacial score (nSPS) is 16.4. The number of rotatable bonds is 6. The number of hydrogen-bond donors (Lipinski definition) is 0. The van der Waals surface area contributed by atoms with E-state index in [1.54, 1.807) is 0 Å². The maximum Gasteiger partial charge on any atom is -0.0271 e. The van der Waals surface area contributed by atoms with Crippen molar-refractivity contribution < 1.29 is 0 Å². The zero-order valence-electron chi connectivity index (χ0n) is 11.0. The van der Waals surface area contributed by atoms with Gasteiger partial charge >= 0.3 is 0 Å². The number of hydrogen-bond acceptors (Lipinski definition) is 0. The van der Waals surface area contributed by atoms with Gasteiger partial charge in [0, 0.05) is 0 Å². The summed E-state index contributed by atoms with van der Waals surface area (Å²) in [6.07, 6.45) is 4.99. The summed E-state index contributed by atoms with van der Waals surface area (Å²) in [6, 6.07) is 0. The standard InChI is InChI=1S/C14H28/c1-8-13(5,6)11-14(7,9-2)10-12(3)4/h3,8-11H2,1-2,4-7H3. The van der Waals surface area contributed by atoms with Crippen LogP contribution in [0, 0.1) is 10.8 Å². The van der Waals surface area contributed by atoms with Gasteiger partial charge in [-0.2, -0.15) is 0 Å². The molecule has 0 radical (unpaired) electrons. The van der Waals surface area contributed by atoms with Crippen molar-refractivity contribution in [2.24, 2.45) is 10.8 Å². The molecule has 0 aromatic heterocycles. The Morgan fingerprint density at radius 2 is 1.57 bits per heavy atom. The maximum atomic E-state index is 4.04. The topological polar surface area (TPSA) is 0 Å². The molecule has 0 rings (SSSR count). The van der Waals surface area contributed by atoms with E-state index in [4.69, 9.17) is 0 Å². The maximum absolute atomic E-state index is 4.04. The minimum Gasteiger partial charge on any atom is -0.100 e. The molecule has 0 aliphatic carbocycles. The Kier molecular flexibility index (Phi) is 4.91. The molecule has 0 spiro atoms. The van der Waals surface area contributed by atoms with Crippen LogP contribution in [0.15, 0.2) is 12.2 Å². The smallest absolute Gasteiger partial charge is 0.0271 e. The summed E-state index contributed by atoms with van der Waals surface area (Å²) in [5.41, 5.74) is 2.24. The molecule has 1 atom stereocenters. The molecule has 0 saturated carbocycles. The van der Waals surface area contributed by atoms with E-state index in [0.29, 0.717) is 10.8 Å². The van der Waals surface area contributed by atoms with E-state index < -0.39 is 0 Å². The first kappa shape index (κ1) is 13.7. The molecule has 84 valence electrons. The molecular weight excluding hydrogens is 168 g/mol. The summed E-state index contributed by atoms with van der Waals surface area (Å²) in [4.78, 5) is 0. The summed E-state index contributed by atoms with van der Waals surface area (Å²) in [5.74, 6) is 0. The molecule has 0 aromatic carbocycles. The Labute approximate surface area is 90.8 Å². The van der Waals surface area contributed by atoms with Crippen LogP contribution in [0.4, 0.5) is 0 Å². The molecule has 0 amide bonds. The quantitative estimate of drug-likeness (QED) is 0.512. The third kappa shape index (κ3) is 4.83. The summed E-state index contributed by atoms with van der Waals surface area (Å²) in [7, 11) is 0. The van der Waals surface area contributed by atoms with E-state index in [2.05, 4.69) is 48.1 Å². The molecule has 0 heteroatoms. The van der Waals surface area contributed by atoms with Crippen molar-refractivity contribution in [2.45, 2.75) is 67.2 Å². The predicted octanol–water partition coefficient (Wildman–Crippen LogP) is 5.20. The molecule has 1 unspecified atom stereocenters. The monoisotopic (exact) mass is 196 g/mol. The van der Waals surface area contributed by atoms with Gasteiger partial charge in [-0.15, -0.1) is 6.58 Å². The lowest BCUT2D eigenvalue weighted by Crippen LogP contribution is -2.25. The summed E-state index contributed by atoms with van der Waals surface area (Å²) in [5, 5.41) is 0. The van der Waals surface area contributed by atoms with Crippen molar-refractivity contribution in [1.82, 2.24) is 0 Å². The van der Waals surface area contributed by atoms with Crippen LogP contribution in [0.3, 0.4) is 0 Å². The highest BCUT2D eigenvalue weighted by Gasteiger charge is 2.29. The first-order valence-corrected chi connectivity index (χ1v) is 5.89. The van der Waals surface area contributed by atoms with Crippen molar-refractivity contribution >= 4 is 0 Å². The van der Waals surface area contributed by atoms with Gasteiger partial charge in [0.15, 0.2) is 0 Å². The molecular formula is C14H28. The molecule has 0 aromatic rings. The van der Waals surface area contributed by atoms with Crippen molar-refractivity contribution in [3.8, 4) is 0 Å². The van der Waals surface area contributed by atoms with Crippen LogP contribution in [0.25, 0.3) is 0 Å². The summed E-state index contributed by atoms with van der Waals surface area (Å²) < 4.78 is 0. The van der Waals surface area contributed by atoms with Gasteiger partial charge in [-0.3, -0.25) is 0 Å². The van der Waals surface area contributed by atoms with Gasteiger partial charge in [0.2, 0.25) is 0 Å². The Balaban J connectivity index is 4.46. The first-order chi connectivity index (χ1) is 6.24. The van der Waals surface area contributed by atoms with Gasteiger partial charge in [0.25, 0.3) is 0 Å². The highest BCUT2D eigenvalue weighted by atomic mass is 14.3. The van der Waals surface area contributed by atoms with Gasteiger partial charge in [0.1, 0.15) is 0 Å². The second-order valence-electron chi connectivity index (χ2n) is 5.99. The van der Waals surface area contributed by atoms with Crippen LogP contribution in [0.1, 0.15) is 67.2 Å². The van der Waals surface area contributed by atoms with Crippen LogP contribution in [0.5, 0.6) is 0 Å². The minimum absolute atomic E-state index is 0.450. The van der Waals surface area contributed by atoms with Crippen molar-refractivity contribution in [1.29, 1.82) is 0 Å². The average molecular weight is 196 g/mol. The zero-order valence-corrected chi connectivity index (χ0v) is 11.0. The van der Waals surface area contributed by atoms with E-state index in [1.165, 1.54) is 31.3 Å². The van der Waals surface area contributed by atoms with Gasteiger partial charge in [-0.25, -0.2) is 0 Å². The highest BCUT2D eigenvalue weighted by molar-refractivity contribution is 4.96. The molecule has 14 heavy (non-hydrogen) atoms. The summed E-state index contributed by atoms with van der Waals surface area (Å²) in [6.45, 7) is 17.9. The molecule has 0 N–H and O–H groups in total. The Morgan fingerprint density at radius 1 is 1.07 bits per heavy atom. The van der Waals surface area contributed by atoms with Crippen LogP contribution >= 0.6 is 0 Å². The highest BCUT2D eigenvalue weighted by Crippen LogP contribution is 2.42. The van der Waals surface area contributed by atoms with Crippen molar-refractivity contribution in [3.63, 3.8) is 0 Å². The molecule has 0 saturated heterocycles. The molecule has 0 aliphatic rings. The lowest BCUT2D eigenvalue weighted by Gasteiger charge is -2.37. The fraction of sp³-hybridized carbons (Fsp3) is 0.857. The third-order valence-corrected chi connectivity index (χ3v) is 3.44. The van der Waals surface area contributed by atoms with Gasteiger partial charge < -0.3 is 0 Å². The van der Waals surface area contributed by atoms with Gasteiger partial charge in [0.05, 0.1) is 0 Å². The first-order valence-electron chi connectivity index (χ1n) is 5.89. The van der Waals surface area contributed by atoms with Crippen molar-refractivity contribution in [2.75, 3.05) is 0 Å². The van der Waals surface area contributed by atoms with Crippen LogP contribution in [0.2, 0.25) is 0 Å². The van der Waals surface area contributed by atoms with E-state index in [1.807, 2.05) is 0 Å². The zero-order chi connectivity index (χ0) is 11.4. The van der Waals surface area contributed by atoms with Crippen molar-refractivity contribution in [3.05, 3.63) is 12.2 Å². The molecule has 0 heterocycles. The summed E-state index contributed by atoms with van der Waals surface area (Å²) >= 11 is 0. The Hall–Kier alpha value is -0.260. The molecule has 0 bridgehead atoms. The second-order valence-corrected chi connectivity index (χ2v) is 5.99. The number of allylic oxidation sites excluding steroid dienone is 1. The van der Waals surface area contributed by atoms with E-state index in [0.717, 1.165) is 0 Å². The average Bonchev–Trinajstić information content (AvgIpc) is 2.02.